The third-order valence-corrected chi connectivity index (χ3v) is 4.62. The first-order valence-electron chi connectivity index (χ1n) is 8.61. The van der Waals surface area contributed by atoms with E-state index in [-0.39, 0.29) is 11.7 Å². The molecular weight excluding hydrogens is 341 g/mol. The average Bonchev–Trinajstić information content (AvgIpc) is 3.03. The molecule has 27 heavy (non-hydrogen) atoms. The van der Waals surface area contributed by atoms with Gasteiger partial charge in [0.05, 0.1) is 17.0 Å². The lowest BCUT2D eigenvalue weighted by molar-refractivity contribution is 0.102. The lowest BCUT2D eigenvalue weighted by Crippen LogP contribution is -2.14. The maximum atomic E-state index is 13.1. The number of nitrogens with one attached hydrogen (secondary N) is 1. The Bertz CT molecular complexity index is 1150. The number of amides is 1. The Kier molecular flexibility index (Phi) is 4.20. The Morgan fingerprint density at radius 3 is 2.56 bits per heavy atom. The molecule has 0 radical (unpaired) electrons. The topological polar surface area (TPSA) is 46.9 Å². The number of anilines is 1. The first kappa shape index (κ1) is 17.0. The number of benzene rings is 2. The fourth-order valence-corrected chi connectivity index (χ4v) is 3.12. The third kappa shape index (κ3) is 3.31. The quantitative estimate of drug-likeness (QED) is 0.563. The van der Waals surface area contributed by atoms with E-state index in [0.717, 1.165) is 22.2 Å². The molecule has 4 nitrogen and oxygen atoms in total. The summed E-state index contributed by atoms with van der Waals surface area (Å²) >= 11 is 0. The zero-order valence-corrected chi connectivity index (χ0v) is 15.0. The fraction of sp³-hybridized carbons (Fsp3) is 0.0909. The van der Waals surface area contributed by atoms with Gasteiger partial charge in [0.1, 0.15) is 5.82 Å². The van der Waals surface area contributed by atoms with Gasteiger partial charge in [0.15, 0.2) is 0 Å². The van der Waals surface area contributed by atoms with Crippen LogP contribution in [0.25, 0.3) is 22.2 Å². The molecule has 2 aromatic heterocycles. The van der Waals surface area contributed by atoms with Crippen LogP contribution in [0.4, 0.5) is 10.1 Å². The molecule has 4 rings (SSSR count). The van der Waals surface area contributed by atoms with Crippen LogP contribution < -0.4 is 5.32 Å². The van der Waals surface area contributed by atoms with Crippen LogP contribution in [0.5, 0.6) is 0 Å². The highest BCUT2D eigenvalue weighted by molar-refractivity contribution is 6.06. The first-order valence-corrected chi connectivity index (χ1v) is 8.61. The van der Waals surface area contributed by atoms with E-state index >= 15 is 0 Å². The normalized spacial score (nSPS) is 10.9. The number of hydrogen-bond donors (Lipinski definition) is 1. The van der Waals surface area contributed by atoms with Crippen LogP contribution in [0.3, 0.4) is 0 Å². The monoisotopic (exact) mass is 359 g/mol. The first-order chi connectivity index (χ1) is 13.0. The van der Waals surface area contributed by atoms with Crippen LogP contribution in [-0.4, -0.2) is 15.5 Å². The molecule has 5 heteroatoms. The SMILES string of the molecule is Cc1nc(-c2ccc(F)cc2)ccc1C(=O)Nc1ccc2ccn(C)c2c1. The van der Waals surface area contributed by atoms with Crippen molar-refractivity contribution in [3.63, 3.8) is 0 Å². The number of carbonyl (C=O) groups is 1. The molecule has 1 N–H and O–H groups in total. The summed E-state index contributed by atoms with van der Waals surface area (Å²) in [5.74, 6) is -0.499. The van der Waals surface area contributed by atoms with E-state index in [1.807, 2.05) is 42.1 Å². The minimum Gasteiger partial charge on any atom is -0.350 e. The number of fused-ring (bicyclic) bond motifs is 1. The number of hydrogen-bond acceptors (Lipinski definition) is 2. The van der Waals surface area contributed by atoms with Crippen molar-refractivity contribution in [2.45, 2.75) is 6.92 Å². The Hall–Kier alpha value is -3.47. The molecule has 0 aliphatic heterocycles. The molecule has 0 aliphatic carbocycles. The van der Waals surface area contributed by atoms with Gasteiger partial charge in [-0.3, -0.25) is 9.78 Å². The summed E-state index contributed by atoms with van der Waals surface area (Å²) < 4.78 is 15.1. The van der Waals surface area contributed by atoms with Gasteiger partial charge in [-0.2, -0.15) is 0 Å². The number of pyridine rings is 1. The minimum atomic E-state index is -0.290. The van der Waals surface area contributed by atoms with Gasteiger partial charge in [0.25, 0.3) is 5.91 Å². The van der Waals surface area contributed by atoms with Crippen molar-refractivity contribution in [2.75, 3.05) is 5.32 Å². The summed E-state index contributed by atoms with van der Waals surface area (Å²) in [5, 5.41) is 4.06. The Morgan fingerprint density at radius 2 is 1.81 bits per heavy atom. The standard InChI is InChI=1S/C22H18FN3O/c1-14-19(9-10-20(24-14)15-3-6-17(23)7-4-15)22(27)25-18-8-5-16-11-12-26(2)21(16)13-18/h3-13H,1-2H3,(H,25,27). The largest absolute Gasteiger partial charge is 0.350 e. The summed E-state index contributed by atoms with van der Waals surface area (Å²) in [4.78, 5) is 17.2. The van der Waals surface area contributed by atoms with Crippen molar-refractivity contribution in [1.29, 1.82) is 0 Å². The molecule has 0 saturated carbocycles. The lowest BCUT2D eigenvalue weighted by atomic mass is 10.1. The van der Waals surface area contributed by atoms with E-state index < -0.39 is 0 Å². The molecule has 0 saturated heterocycles. The van der Waals surface area contributed by atoms with Crippen LogP contribution in [0.2, 0.25) is 0 Å². The number of halogens is 1. The van der Waals surface area contributed by atoms with Gasteiger partial charge in [-0.15, -0.1) is 0 Å². The van der Waals surface area contributed by atoms with Crippen LogP contribution in [-0.2, 0) is 7.05 Å². The minimum absolute atomic E-state index is 0.209. The van der Waals surface area contributed by atoms with Gasteiger partial charge in [0.2, 0.25) is 0 Å². The number of carbonyl (C=O) groups excluding carboxylic acids is 1. The van der Waals surface area contributed by atoms with E-state index in [1.54, 1.807) is 31.2 Å². The van der Waals surface area contributed by atoms with E-state index in [2.05, 4.69) is 10.3 Å². The van der Waals surface area contributed by atoms with E-state index in [0.29, 0.717) is 17.0 Å². The molecule has 2 heterocycles. The molecule has 0 unspecified atom stereocenters. The van der Waals surface area contributed by atoms with Gasteiger partial charge in [-0.25, -0.2) is 4.39 Å². The highest BCUT2D eigenvalue weighted by atomic mass is 19.1. The maximum Gasteiger partial charge on any atom is 0.257 e. The lowest BCUT2D eigenvalue weighted by Gasteiger charge is -2.10. The highest BCUT2D eigenvalue weighted by Crippen LogP contribution is 2.22. The molecule has 134 valence electrons. The number of aromatic nitrogens is 2. The van der Waals surface area contributed by atoms with E-state index in [4.69, 9.17) is 0 Å². The number of nitrogens with zero attached hydrogens (tertiary/aromatic N) is 2. The predicted molar refractivity (Wildman–Crippen MR) is 105 cm³/mol. The predicted octanol–water partition coefficient (Wildman–Crippen LogP) is 4.94. The maximum absolute atomic E-state index is 13.1. The Labute approximate surface area is 156 Å². The summed E-state index contributed by atoms with van der Waals surface area (Å²) in [5.41, 5.74) is 4.42. The molecule has 2 aromatic carbocycles. The van der Waals surface area contributed by atoms with Crippen molar-refractivity contribution in [3.8, 4) is 11.3 Å². The zero-order valence-electron chi connectivity index (χ0n) is 15.0. The van der Waals surface area contributed by atoms with Crippen LogP contribution in [0, 0.1) is 12.7 Å². The Balaban J connectivity index is 1.59. The van der Waals surface area contributed by atoms with Crippen LogP contribution in [0.15, 0.2) is 66.9 Å². The summed E-state index contributed by atoms with van der Waals surface area (Å²) in [7, 11) is 1.97. The van der Waals surface area contributed by atoms with Crippen molar-refractivity contribution in [3.05, 3.63) is 83.9 Å². The second-order valence-corrected chi connectivity index (χ2v) is 6.49. The number of rotatable bonds is 3. The van der Waals surface area contributed by atoms with Crippen LogP contribution >= 0.6 is 0 Å². The molecule has 4 aromatic rings. The zero-order chi connectivity index (χ0) is 19.0. The third-order valence-electron chi connectivity index (χ3n) is 4.62. The molecular formula is C22H18FN3O. The van der Waals surface area contributed by atoms with Crippen molar-refractivity contribution < 1.29 is 9.18 Å². The molecule has 1 amide bonds. The summed E-state index contributed by atoms with van der Waals surface area (Å²) in [6.45, 7) is 1.79. The fourth-order valence-electron chi connectivity index (χ4n) is 3.12. The van der Waals surface area contributed by atoms with Crippen molar-refractivity contribution in [1.82, 2.24) is 9.55 Å². The second kappa shape index (κ2) is 6.68. The van der Waals surface area contributed by atoms with Crippen molar-refractivity contribution in [2.24, 2.45) is 7.05 Å². The van der Waals surface area contributed by atoms with Crippen molar-refractivity contribution >= 4 is 22.5 Å². The Morgan fingerprint density at radius 1 is 1.04 bits per heavy atom. The number of aryl methyl sites for hydroxylation is 2. The van der Waals surface area contributed by atoms with Gasteiger partial charge in [0, 0.05) is 30.0 Å². The van der Waals surface area contributed by atoms with Gasteiger partial charge < -0.3 is 9.88 Å². The highest BCUT2D eigenvalue weighted by Gasteiger charge is 2.12. The molecule has 0 bridgehead atoms. The van der Waals surface area contributed by atoms with E-state index in [1.165, 1.54) is 12.1 Å². The smallest absolute Gasteiger partial charge is 0.257 e. The second-order valence-electron chi connectivity index (χ2n) is 6.49. The van der Waals surface area contributed by atoms with E-state index in [9.17, 15) is 9.18 Å². The van der Waals surface area contributed by atoms with Gasteiger partial charge in [-0.05, 0) is 66.9 Å². The molecule has 0 fully saturated rings. The van der Waals surface area contributed by atoms with Crippen LogP contribution in [0.1, 0.15) is 16.1 Å². The molecule has 0 aliphatic rings. The molecule has 0 atom stereocenters. The summed E-state index contributed by atoms with van der Waals surface area (Å²) in [6.07, 6.45) is 1.98. The van der Waals surface area contributed by atoms with Gasteiger partial charge in [-0.1, -0.05) is 6.07 Å². The van der Waals surface area contributed by atoms with Gasteiger partial charge >= 0.3 is 0 Å². The summed E-state index contributed by atoms with van der Waals surface area (Å²) in [6, 6.07) is 17.5. The average molecular weight is 359 g/mol. The molecule has 0 spiro atoms.